The Bertz CT molecular complexity index is 355. The molecule has 0 radical (unpaired) electrons. The summed E-state index contributed by atoms with van der Waals surface area (Å²) in [6.07, 6.45) is 0.656. The Kier molecular flexibility index (Phi) is 4.09. The summed E-state index contributed by atoms with van der Waals surface area (Å²) < 4.78 is 11.9. The van der Waals surface area contributed by atoms with Crippen molar-refractivity contribution in [3.05, 3.63) is 30.3 Å². The molecule has 1 fully saturated rings. The van der Waals surface area contributed by atoms with Crippen molar-refractivity contribution in [3.63, 3.8) is 0 Å². The van der Waals surface area contributed by atoms with Crippen molar-refractivity contribution in [2.24, 2.45) is 0 Å². The zero-order valence-corrected chi connectivity index (χ0v) is 10.0. The molecular formula is C12H17NO2S. The van der Waals surface area contributed by atoms with Gasteiger partial charge in [0.2, 0.25) is 0 Å². The maximum Gasteiger partial charge on any atom is 0.0679 e. The molecule has 2 rings (SSSR count). The van der Waals surface area contributed by atoms with E-state index in [0.29, 0.717) is 5.75 Å². The summed E-state index contributed by atoms with van der Waals surface area (Å²) in [5, 5.41) is 9.36. The lowest BCUT2D eigenvalue weighted by atomic mass is 10.3. The lowest BCUT2D eigenvalue weighted by Crippen LogP contribution is -2.26. The second kappa shape index (κ2) is 5.57. The lowest BCUT2D eigenvalue weighted by Gasteiger charge is -2.14. The van der Waals surface area contributed by atoms with E-state index in [1.165, 1.54) is 0 Å². The fourth-order valence-electron chi connectivity index (χ4n) is 1.92. The van der Waals surface area contributed by atoms with Crippen molar-refractivity contribution < 1.29 is 9.32 Å². The molecular weight excluding hydrogens is 222 g/mol. The third-order valence-corrected chi connectivity index (χ3v) is 4.20. The molecule has 0 spiro atoms. The topological polar surface area (TPSA) is 40.5 Å². The summed E-state index contributed by atoms with van der Waals surface area (Å²) in [6.45, 7) is 2.46. The molecule has 4 heteroatoms. The van der Waals surface area contributed by atoms with E-state index in [1.807, 2.05) is 30.3 Å². The minimum Gasteiger partial charge on any atom is -0.392 e. The molecule has 1 N–H and O–H groups in total. The van der Waals surface area contributed by atoms with E-state index < -0.39 is 10.8 Å². The van der Waals surface area contributed by atoms with Gasteiger partial charge < -0.3 is 5.11 Å². The molecule has 0 aliphatic carbocycles. The first kappa shape index (κ1) is 11.8. The van der Waals surface area contributed by atoms with E-state index >= 15 is 0 Å². The van der Waals surface area contributed by atoms with Gasteiger partial charge in [0.25, 0.3) is 0 Å². The van der Waals surface area contributed by atoms with Crippen LogP contribution in [0.25, 0.3) is 0 Å². The number of benzene rings is 1. The minimum atomic E-state index is -0.914. The van der Waals surface area contributed by atoms with E-state index in [0.717, 1.165) is 31.0 Å². The maximum absolute atomic E-state index is 11.9. The molecule has 1 aromatic rings. The van der Waals surface area contributed by atoms with E-state index in [4.69, 9.17) is 0 Å². The molecule has 1 aliphatic rings. The standard InChI is InChI=1S/C12H17NO2S/c14-11-6-7-13(10-11)8-9-16(15)12-4-2-1-3-5-12/h1-5,11,14H,6-10H2/t11-,16?/m0/s1. The Morgan fingerprint density at radius 3 is 2.75 bits per heavy atom. The fourth-order valence-corrected chi connectivity index (χ4v) is 3.04. The van der Waals surface area contributed by atoms with Crippen LogP contribution >= 0.6 is 0 Å². The molecule has 0 bridgehead atoms. The number of nitrogens with zero attached hydrogens (tertiary/aromatic N) is 1. The molecule has 1 aromatic carbocycles. The molecule has 0 amide bonds. The Labute approximate surface area is 98.5 Å². The summed E-state index contributed by atoms with van der Waals surface area (Å²) in [7, 11) is -0.914. The third-order valence-electron chi connectivity index (χ3n) is 2.85. The van der Waals surface area contributed by atoms with Crippen molar-refractivity contribution in [2.45, 2.75) is 17.4 Å². The van der Waals surface area contributed by atoms with E-state index in [1.54, 1.807) is 0 Å². The van der Waals surface area contributed by atoms with Crippen LogP contribution in [0.2, 0.25) is 0 Å². The van der Waals surface area contributed by atoms with Crippen molar-refractivity contribution in [2.75, 3.05) is 25.4 Å². The van der Waals surface area contributed by atoms with Crippen LogP contribution in [0.5, 0.6) is 0 Å². The smallest absolute Gasteiger partial charge is 0.0679 e. The zero-order chi connectivity index (χ0) is 11.4. The Morgan fingerprint density at radius 2 is 2.12 bits per heavy atom. The van der Waals surface area contributed by atoms with Crippen molar-refractivity contribution in [3.8, 4) is 0 Å². The van der Waals surface area contributed by atoms with Crippen LogP contribution in [-0.2, 0) is 10.8 Å². The minimum absolute atomic E-state index is 0.190. The molecule has 1 heterocycles. The number of likely N-dealkylation sites (tertiary alicyclic amines) is 1. The molecule has 1 unspecified atom stereocenters. The van der Waals surface area contributed by atoms with Gasteiger partial charge in [0, 0.05) is 30.3 Å². The summed E-state index contributed by atoms with van der Waals surface area (Å²) in [5.74, 6) is 0.650. The van der Waals surface area contributed by atoms with Crippen LogP contribution in [0.3, 0.4) is 0 Å². The van der Waals surface area contributed by atoms with Gasteiger partial charge in [-0.05, 0) is 18.6 Å². The number of hydrogen-bond acceptors (Lipinski definition) is 3. The number of aliphatic hydroxyl groups excluding tert-OH is 1. The maximum atomic E-state index is 11.9. The van der Waals surface area contributed by atoms with Crippen LogP contribution in [0, 0.1) is 0 Å². The van der Waals surface area contributed by atoms with Gasteiger partial charge in [0.05, 0.1) is 16.9 Å². The largest absolute Gasteiger partial charge is 0.392 e. The predicted molar refractivity (Wildman–Crippen MR) is 64.8 cm³/mol. The highest BCUT2D eigenvalue weighted by Crippen LogP contribution is 2.10. The quantitative estimate of drug-likeness (QED) is 0.847. The van der Waals surface area contributed by atoms with Crippen LogP contribution in [0.1, 0.15) is 6.42 Å². The van der Waals surface area contributed by atoms with E-state index in [-0.39, 0.29) is 6.10 Å². The second-order valence-corrected chi connectivity index (χ2v) is 5.68. The van der Waals surface area contributed by atoms with Gasteiger partial charge in [0.15, 0.2) is 0 Å². The van der Waals surface area contributed by atoms with Gasteiger partial charge in [-0.3, -0.25) is 9.11 Å². The zero-order valence-electron chi connectivity index (χ0n) is 9.21. The highest BCUT2D eigenvalue weighted by Gasteiger charge is 2.20. The number of rotatable bonds is 4. The summed E-state index contributed by atoms with van der Waals surface area (Å²) >= 11 is 0. The SMILES string of the molecule is O=S(CCN1CC[C@H](O)C1)c1ccccc1. The summed E-state index contributed by atoms with van der Waals surface area (Å²) in [6, 6.07) is 9.54. The molecule has 2 atom stereocenters. The number of β-amino-alcohol motifs (C(OH)–C–C–N with tert-alkyl or cyclic N) is 1. The van der Waals surface area contributed by atoms with Gasteiger partial charge in [-0.15, -0.1) is 0 Å². The fraction of sp³-hybridized carbons (Fsp3) is 0.500. The summed E-state index contributed by atoms with van der Waals surface area (Å²) in [4.78, 5) is 3.06. The molecule has 1 saturated heterocycles. The van der Waals surface area contributed by atoms with Gasteiger partial charge in [-0.1, -0.05) is 18.2 Å². The first-order chi connectivity index (χ1) is 7.75. The van der Waals surface area contributed by atoms with Crippen LogP contribution in [-0.4, -0.2) is 45.7 Å². The predicted octanol–water partition coefficient (Wildman–Crippen LogP) is 0.861. The first-order valence-electron chi connectivity index (χ1n) is 5.59. The molecule has 88 valence electrons. The van der Waals surface area contributed by atoms with E-state index in [2.05, 4.69) is 4.90 Å². The molecule has 0 saturated carbocycles. The molecule has 16 heavy (non-hydrogen) atoms. The van der Waals surface area contributed by atoms with Crippen LogP contribution in [0.15, 0.2) is 35.2 Å². The van der Waals surface area contributed by atoms with Crippen molar-refractivity contribution in [1.82, 2.24) is 4.90 Å². The highest BCUT2D eigenvalue weighted by molar-refractivity contribution is 7.85. The lowest BCUT2D eigenvalue weighted by molar-refractivity contribution is 0.178. The van der Waals surface area contributed by atoms with Crippen LogP contribution in [0.4, 0.5) is 0 Å². The average molecular weight is 239 g/mol. The van der Waals surface area contributed by atoms with Gasteiger partial charge in [0.1, 0.15) is 0 Å². The molecule has 1 aliphatic heterocycles. The van der Waals surface area contributed by atoms with Crippen molar-refractivity contribution in [1.29, 1.82) is 0 Å². The third kappa shape index (κ3) is 3.14. The van der Waals surface area contributed by atoms with Gasteiger partial charge in [-0.2, -0.15) is 0 Å². The second-order valence-electron chi connectivity index (χ2n) is 4.11. The average Bonchev–Trinajstić information content (AvgIpc) is 2.73. The van der Waals surface area contributed by atoms with Gasteiger partial charge in [-0.25, -0.2) is 0 Å². The van der Waals surface area contributed by atoms with Gasteiger partial charge >= 0.3 is 0 Å². The number of aliphatic hydroxyl groups is 1. The Morgan fingerprint density at radius 1 is 1.38 bits per heavy atom. The van der Waals surface area contributed by atoms with E-state index in [9.17, 15) is 9.32 Å². The Hall–Kier alpha value is -0.710. The summed E-state index contributed by atoms with van der Waals surface area (Å²) in [5.41, 5.74) is 0. The van der Waals surface area contributed by atoms with Crippen LogP contribution < -0.4 is 0 Å². The number of hydrogen-bond donors (Lipinski definition) is 1. The first-order valence-corrected chi connectivity index (χ1v) is 6.91. The van der Waals surface area contributed by atoms with Crippen molar-refractivity contribution >= 4 is 10.8 Å². The normalized spacial score (nSPS) is 23.4. The molecule has 0 aromatic heterocycles. The molecule has 3 nitrogen and oxygen atoms in total. The highest BCUT2D eigenvalue weighted by atomic mass is 32.2. The monoisotopic (exact) mass is 239 g/mol. The Balaban J connectivity index is 1.80.